The number of benzene rings is 2. The Hall–Kier alpha value is -1.78. The number of thioether (sulfide) groups is 1. The zero-order chi connectivity index (χ0) is 18.0. The number of phenols is 1. The van der Waals surface area contributed by atoms with Crippen molar-refractivity contribution >= 4 is 21.8 Å². The highest BCUT2D eigenvalue weighted by Gasteiger charge is 2.30. The van der Waals surface area contributed by atoms with Crippen molar-refractivity contribution in [3.63, 3.8) is 0 Å². The van der Waals surface area contributed by atoms with Gasteiger partial charge in [-0.25, -0.2) is 17.5 Å². The van der Waals surface area contributed by atoms with Crippen molar-refractivity contribution < 1.29 is 31.1 Å². The average molecular weight is 381 g/mol. The van der Waals surface area contributed by atoms with Gasteiger partial charge in [-0.1, -0.05) is 18.2 Å². The van der Waals surface area contributed by atoms with E-state index in [4.69, 9.17) is 0 Å². The van der Waals surface area contributed by atoms with Gasteiger partial charge in [-0.05, 0) is 29.5 Å². The number of alkyl halides is 3. The van der Waals surface area contributed by atoms with Crippen LogP contribution >= 0.6 is 11.8 Å². The summed E-state index contributed by atoms with van der Waals surface area (Å²) in [4.78, 5) is -0.671. The Balaban J connectivity index is 2.21. The van der Waals surface area contributed by atoms with Gasteiger partial charge in [-0.15, -0.1) is 0 Å². The molecule has 2 aromatic rings. The van der Waals surface area contributed by atoms with E-state index in [1.165, 1.54) is 24.3 Å². The van der Waals surface area contributed by atoms with Crippen molar-refractivity contribution in [3.05, 3.63) is 53.8 Å². The lowest BCUT2D eigenvalue weighted by Gasteiger charge is -2.12. The predicted octanol–water partition coefficient (Wildman–Crippen LogP) is 3.62. The normalized spacial score (nSPS) is 12.3. The van der Waals surface area contributed by atoms with Crippen LogP contribution in [0.2, 0.25) is 0 Å². The van der Waals surface area contributed by atoms with Crippen LogP contribution in [0.4, 0.5) is 17.6 Å². The fourth-order valence-corrected chi connectivity index (χ4v) is 3.56. The monoisotopic (exact) mass is 381 g/mol. The summed E-state index contributed by atoms with van der Waals surface area (Å²) >= 11 is -0.356. The Kier molecular flexibility index (Phi) is 5.41. The maximum atomic E-state index is 13.2. The van der Waals surface area contributed by atoms with Crippen LogP contribution in [0.1, 0.15) is 5.56 Å². The van der Waals surface area contributed by atoms with Crippen LogP contribution < -0.4 is 4.72 Å². The lowest BCUT2D eigenvalue weighted by atomic mass is 10.2. The van der Waals surface area contributed by atoms with Crippen molar-refractivity contribution in [1.82, 2.24) is 4.72 Å². The van der Waals surface area contributed by atoms with E-state index >= 15 is 0 Å². The Labute approximate surface area is 139 Å². The molecule has 0 aliphatic carbocycles. The standard InChI is InChI=1S/C14H11F4NO3S2/c15-10-5-11(20)7-12(6-10)24(21,22)19-8-9-3-1-2-4-13(9)23-14(16,17)18/h1-7,19-20H,8H2. The smallest absolute Gasteiger partial charge is 0.446 e. The van der Waals surface area contributed by atoms with Crippen molar-refractivity contribution in [1.29, 1.82) is 0 Å². The second-order valence-corrected chi connectivity index (χ2v) is 7.50. The maximum absolute atomic E-state index is 13.2. The van der Waals surface area contributed by atoms with Gasteiger partial charge in [0.15, 0.2) is 0 Å². The number of aromatic hydroxyl groups is 1. The van der Waals surface area contributed by atoms with Gasteiger partial charge >= 0.3 is 5.51 Å². The van der Waals surface area contributed by atoms with Gasteiger partial charge < -0.3 is 5.11 Å². The minimum absolute atomic E-state index is 0.115. The zero-order valence-corrected chi connectivity index (χ0v) is 13.5. The molecule has 2 aromatic carbocycles. The molecule has 10 heteroatoms. The summed E-state index contributed by atoms with van der Waals surface area (Å²) in [5.41, 5.74) is -4.40. The summed E-state index contributed by atoms with van der Waals surface area (Å²) in [6.07, 6.45) is 0. The van der Waals surface area contributed by atoms with Gasteiger partial charge in [0.25, 0.3) is 0 Å². The van der Waals surface area contributed by atoms with Crippen LogP contribution in [0.5, 0.6) is 5.75 Å². The molecule has 130 valence electrons. The van der Waals surface area contributed by atoms with Gasteiger partial charge in [0.05, 0.1) is 4.90 Å². The highest BCUT2D eigenvalue weighted by atomic mass is 32.2. The zero-order valence-electron chi connectivity index (χ0n) is 11.8. The summed E-state index contributed by atoms with van der Waals surface area (Å²) in [7, 11) is -4.20. The molecular weight excluding hydrogens is 370 g/mol. The van der Waals surface area contributed by atoms with E-state index in [0.29, 0.717) is 6.07 Å². The molecule has 0 aromatic heterocycles. The van der Waals surface area contributed by atoms with Gasteiger partial charge in [-0.2, -0.15) is 13.2 Å². The lowest BCUT2D eigenvalue weighted by molar-refractivity contribution is -0.0328. The second kappa shape index (κ2) is 6.99. The fraction of sp³-hybridized carbons (Fsp3) is 0.143. The van der Waals surface area contributed by atoms with E-state index in [9.17, 15) is 31.1 Å². The van der Waals surface area contributed by atoms with Crippen molar-refractivity contribution in [2.24, 2.45) is 0 Å². The molecule has 24 heavy (non-hydrogen) atoms. The third kappa shape index (κ3) is 5.11. The number of sulfonamides is 1. The molecule has 0 saturated heterocycles. The minimum Gasteiger partial charge on any atom is -0.508 e. The first kappa shape index (κ1) is 18.6. The first-order valence-corrected chi connectivity index (χ1v) is 8.70. The summed E-state index contributed by atoms with van der Waals surface area (Å²) in [6.45, 7) is -0.418. The van der Waals surface area contributed by atoms with Crippen LogP contribution in [0.25, 0.3) is 0 Å². The Bertz CT molecular complexity index is 818. The molecule has 2 rings (SSSR count). The van der Waals surface area contributed by atoms with Crippen LogP contribution in [0.3, 0.4) is 0 Å². The van der Waals surface area contributed by atoms with Crippen LogP contribution in [0.15, 0.2) is 52.3 Å². The maximum Gasteiger partial charge on any atom is 0.446 e. The SMILES string of the molecule is O=S(=O)(NCc1ccccc1SC(F)(F)F)c1cc(O)cc(F)c1. The van der Waals surface area contributed by atoms with E-state index in [0.717, 1.165) is 12.1 Å². The Morgan fingerprint density at radius 1 is 1.12 bits per heavy atom. The molecule has 0 amide bonds. The molecule has 0 bridgehead atoms. The van der Waals surface area contributed by atoms with E-state index in [-0.39, 0.29) is 22.2 Å². The molecule has 0 saturated carbocycles. The molecule has 0 aliphatic heterocycles. The highest BCUT2D eigenvalue weighted by Crippen LogP contribution is 2.38. The third-order valence-corrected chi connectivity index (χ3v) is 5.05. The van der Waals surface area contributed by atoms with Crippen molar-refractivity contribution in [2.45, 2.75) is 21.8 Å². The van der Waals surface area contributed by atoms with Crippen LogP contribution in [-0.4, -0.2) is 19.0 Å². The molecule has 0 atom stereocenters. The van der Waals surface area contributed by atoms with Crippen molar-refractivity contribution in [3.8, 4) is 5.75 Å². The summed E-state index contributed by atoms with van der Waals surface area (Å²) < 4.78 is 77.0. The van der Waals surface area contributed by atoms with Gasteiger partial charge in [-0.3, -0.25) is 0 Å². The molecule has 0 aliphatic rings. The molecule has 2 N–H and O–H groups in total. The number of rotatable bonds is 5. The minimum atomic E-state index is -4.51. The quantitative estimate of drug-likeness (QED) is 0.613. The van der Waals surface area contributed by atoms with Crippen LogP contribution in [-0.2, 0) is 16.6 Å². The Morgan fingerprint density at radius 2 is 1.79 bits per heavy atom. The van der Waals surface area contributed by atoms with E-state index in [1.54, 1.807) is 0 Å². The van der Waals surface area contributed by atoms with Gasteiger partial charge in [0.2, 0.25) is 10.0 Å². The summed E-state index contributed by atoms with van der Waals surface area (Å²) in [5.74, 6) is -1.54. The second-order valence-electron chi connectivity index (χ2n) is 4.63. The number of nitrogens with one attached hydrogen (secondary N) is 1. The molecule has 0 heterocycles. The molecule has 0 radical (unpaired) electrons. The summed E-state index contributed by atoms with van der Waals surface area (Å²) in [5, 5.41) is 9.25. The molecule has 0 unspecified atom stereocenters. The van der Waals surface area contributed by atoms with E-state index in [2.05, 4.69) is 4.72 Å². The third-order valence-electron chi connectivity index (χ3n) is 2.82. The largest absolute Gasteiger partial charge is 0.508 e. The van der Waals surface area contributed by atoms with Crippen LogP contribution in [0, 0.1) is 5.82 Å². The van der Waals surface area contributed by atoms with E-state index < -0.39 is 38.5 Å². The molecule has 0 spiro atoms. The van der Waals surface area contributed by atoms with Gasteiger partial charge in [0, 0.05) is 23.6 Å². The number of phenolic OH excluding ortho intramolecular Hbond substituents is 1. The number of hydrogen-bond acceptors (Lipinski definition) is 4. The highest BCUT2D eigenvalue weighted by molar-refractivity contribution is 8.00. The Morgan fingerprint density at radius 3 is 2.42 bits per heavy atom. The average Bonchev–Trinajstić information content (AvgIpc) is 2.44. The molecule has 0 fully saturated rings. The molecule has 4 nitrogen and oxygen atoms in total. The lowest BCUT2D eigenvalue weighted by Crippen LogP contribution is -2.23. The topological polar surface area (TPSA) is 66.4 Å². The van der Waals surface area contributed by atoms with Gasteiger partial charge in [0.1, 0.15) is 11.6 Å². The van der Waals surface area contributed by atoms with Crippen molar-refractivity contribution in [2.75, 3.05) is 0 Å². The fourth-order valence-electron chi connectivity index (χ4n) is 1.83. The first-order valence-electron chi connectivity index (χ1n) is 6.40. The number of halogens is 4. The predicted molar refractivity (Wildman–Crippen MR) is 80.4 cm³/mol. The number of hydrogen-bond donors (Lipinski definition) is 2. The summed E-state index contributed by atoms with van der Waals surface area (Å²) in [6, 6.07) is 7.69. The first-order chi connectivity index (χ1) is 11.1. The molecular formula is C14H11F4NO3S2. The van der Waals surface area contributed by atoms with E-state index in [1.807, 2.05) is 0 Å².